The number of hydrazine groups is 1. The summed E-state index contributed by atoms with van der Waals surface area (Å²) in [4.78, 5) is 28.1. The number of aliphatic hydroxyl groups is 1. The molecule has 1 atom stereocenters. The average molecular weight is 569 g/mol. The number of hydrogen-bond acceptors (Lipinski definition) is 6. The Labute approximate surface area is 228 Å². The first-order valence-corrected chi connectivity index (χ1v) is 12.9. The number of halogens is 4. The molecule has 204 valence electrons. The minimum absolute atomic E-state index is 0.00659. The minimum Gasteiger partial charge on any atom is -0.491 e. The van der Waals surface area contributed by atoms with Crippen molar-refractivity contribution in [2.24, 2.45) is 0 Å². The lowest BCUT2D eigenvalue weighted by Gasteiger charge is -2.35. The van der Waals surface area contributed by atoms with Crippen molar-refractivity contribution in [1.82, 2.24) is 19.9 Å². The summed E-state index contributed by atoms with van der Waals surface area (Å²) in [6.07, 6.45) is 0.661. The van der Waals surface area contributed by atoms with Crippen molar-refractivity contribution in [3.63, 3.8) is 0 Å². The zero-order valence-corrected chi connectivity index (χ0v) is 22.4. The summed E-state index contributed by atoms with van der Waals surface area (Å²) in [7, 11) is 0. The highest BCUT2D eigenvalue weighted by Crippen LogP contribution is 2.24. The van der Waals surface area contributed by atoms with E-state index in [0.29, 0.717) is 38.2 Å². The number of ether oxygens (including phenoxy) is 1. The number of carbonyl (C=O) groups is 1. The summed E-state index contributed by atoms with van der Waals surface area (Å²) in [6, 6.07) is 6.42. The van der Waals surface area contributed by atoms with Gasteiger partial charge >= 0.3 is 0 Å². The van der Waals surface area contributed by atoms with E-state index in [4.69, 9.17) is 27.9 Å². The van der Waals surface area contributed by atoms with Crippen molar-refractivity contribution in [2.75, 3.05) is 39.3 Å². The molecule has 1 fully saturated rings. The molecule has 0 bridgehead atoms. The average Bonchev–Trinajstić information content (AvgIpc) is 2.87. The third kappa shape index (κ3) is 6.44. The molecule has 0 aliphatic carbocycles. The van der Waals surface area contributed by atoms with Crippen LogP contribution < -0.4 is 15.6 Å². The number of aliphatic hydroxyl groups excluding tert-OH is 1. The molecule has 0 saturated carbocycles. The SMILES string of the molecule is CC(C)n1cc(C(=O)NN2CCN(C[C@@H](O)COc3ccc(Cl)c(F)c3)CC2)c(=O)c2cc(F)c(Cl)cc21. The van der Waals surface area contributed by atoms with Crippen molar-refractivity contribution < 1.29 is 23.4 Å². The van der Waals surface area contributed by atoms with Crippen LogP contribution in [0.5, 0.6) is 5.75 Å². The fraction of sp³-hybridized carbons (Fsp3) is 0.385. The molecule has 2 aromatic carbocycles. The molecule has 0 radical (unpaired) electrons. The van der Waals surface area contributed by atoms with Crippen LogP contribution in [0.2, 0.25) is 10.0 Å². The molecule has 12 heteroatoms. The van der Waals surface area contributed by atoms with Crippen LogP contribution in [0.1, 0.15) is 30.2 Å². The van der Waals surface area contributed by atoms with Gasteiger partial charge in [0, 0.05) is 56.4 Å². The van der Waals surface area contributed by atoms with Gasteiger partial charge < -0.3 is 14.4 Å². The highest BCUT2D eigenvalue weighted by molar-refractivity contribution is 6.31. The summed E-state index contributed by atoms with van der Waals surface area (Å²) in [5, 5.41) is 12.0. The van der Waals surface area contributed by atoms with Crippen LogP contribution >= 0.6 is 23.2 Å². The molecular weight excluding hydrogens is 541 g/mol. The second-order valence-corrected chi connectivity index (χ2v) is 10.2. The smallest absolute Gasteiger partial charge is 0.271 e. The van der Waals surface area contributed by atoms with E-state index in [2.05, 4.69) is 5.43 Å². The Morgan fingerprint density at radius 3 is 2.42 bits per heavy atom. The van der Waals surface area contributed by atoms with E-state index in [1.807, 2.05) is 18.7 Å². The summed E-state index contributed by atoms with van der Waals surface area (Å²) in [5.41, 5.74) is 2.54. The molecule has 0 spiro atoms. The Morgan fingerprint density at radius 1 is 1.08 bits per heavy atom. The molecule has 4 rings (SSSR count). The summed E-state index contributed by atoms with van der Waals surface area (Å²) < 4.78 is 34.8. The van der Waals surface area contributed by atoms with E-state index >= 15 is 0 Å². The summed E-state index contributed by atoms with van der Waals surface area (Å²) in [6.45, 7) is 6.08. The zero-order valence-electron chi connectivity index (χ0n) is 20.9. The Hall–Kier alpha value is -2.76. The first-order chi connectivity index (χ1) is 18.0. The van der Waals surface area contributed by atoms with Crippen molar-refractivity contribution in [3.8, 4) is 5.75 Å². The van der Waals surface area contributed by atoms with Gasteiger partial charge in [0.1, 0.15) is 35.7 Å². The molecule has 2 heterocycles. The quantitative estimate of drug-likeness (QED) is 0.429. The third-order valence-electron chi connectivity index (χ3n) is 6.31. The number of fused-ring (bicyclic) bond motifs is 1. The topological polar surface area (TPSA) is 87.0 Å². The van der Waals surface area contributed by atoms with Gasteiger partial charge in [-0.1, -0.05) is 23.2 Å². The monoisotopic (exact) mass is 568 g/mol. The van der Waals surface area contributed by atoms with Crippen molar-refractivity contribution in [1.29, 1.82) is 0 Å². The molecule has 3 aromatic rings. The number of hydrogen-bond donors (Lipinski definition) is 2. The number of carbonyl (C=O) groups excluding carboxylic acids is 1. The molecule has 1 amide bonds. The molecule has 0 unspecified atom stereocenters. The molecule has 1 aliphatic rings. The first kappa shape index (κ1) is 28.3. The number of aromatic nitrogens is 1. The number of amides is 1. The first-order valence-electron chi connectivity index (χ1n) is 12.1. The van der Waals surface area contributed by atoms with Crippen LogP contribution in [-0.4, -0.2) is 70.9 Å². The number of β-amino-alcohol motifs (C(OH)–C–C–N with tert-alkyl or cyclic N) is 1. The Bertz CT molecular complexity index is 1390. The van der Waals surface area contributed by atoms with Crippen LogP contribution in [0, 0.1) is 11.6 Å². The van der Waals surface area contributed by atoms with Gasteiger partial charge in [-0.25, -0.2) is 13.8 Å². The predicted molar refractivity (Wildman–Crippen MR) is 142 cm³/mol. The second-order valence-electron chi connectivity index (χ2n) is 9.43. The maximum Gasteiger partial charge on any atom is 0.271 e. The van der Waals surface area contributed by atoms with Crippen LogP contribution in [0.25, 0.3) is 10.9 Å². The highest BCUT2D eigenvalue weighted by Gasteiger charge is 2.24. The number of pyridine rings is 1. The third-order valence-corrected chi connectivity index (χ3v) is 6.91. The lowest BCUT2D eigenvalue weighted by molar-refractivity contribution is 0.0316. The van der Waals surface area contributed by atoms with E-state index in [1.54, 1.807) is 9.58 Å². The summed E-state index contributed by atoms with van der Waals surface area (Å²) >= 11 is 11.6. The normalized spacial score (nSPS) is 15.7. The number of benzene rings is 2. The van der Waals surface area contributed by atoms with Gasteiger partial charge in [-0.3, -0.25) is 19.9 Å². The molecule has 1 aromatic heterocycles. The number of nitrogens with one attached hydrogen (secondary N) is 1. The van der Waals surface area contributed by atoms with Crippen LogP contribution in [0.4, 0.5) is 8.78 Å². The minimum atomic E-state index is -0.809. The molecule has 1 saturated heterocycles. The molecule has 1 aliphatic heterocycles. The maximum absolute atomic E-state index is 14.1. The fourth-order valence-electron chi connectivity index (χ4n) is 4.29. The standard InChI is InChI=1S/C26H28Cl2F2N4O4/c1-15(2)34-13-19(25(36)18-10-23(30)21(28)11-24(18)34)26(37)31-33-7-5-32(6-8-33)12-16(35)14-38-17-3-4-20(27)22(29)9-17/h3-4,9-11,13,15-16,35H,5-8,12,14H2,1-2H3,(H,31,37)/t16-/m1/s1. The van der Waals surface area contributed by atoms with Gasteiger partial charge in [0.25, 0.3) is 5.91 Å². The Morgan fingerprint density at radius 2 is 1.76 bits per heavy atom. The van der Waals surface area contributed by atoms with E-state index in [9.17, 15) is 23.5 Å². The van der Waals surface area contributed by atoms with Crippen molar-refractivity contribution in [3.05, 3.63) is 74.0 Å². The van der Waals surface area contributed by atoms with E-state index < -0.39 is 29.1 Å². The molecule has 2 N–H and O–H groups in total. The molecule has 38 heavy (non-hydrogen) atoms. The Kier molecular flexibility index (Phi) is 8.89. The van der Waals surface area contributed by atoms with Crippen LogP contribution in [-0.2, 0) is 0 Å². The van der Waals surface area contributed by atoms with Gasteiger partial charge in [-0.05, 0) is 38.1 Å². The number of rotatable bonds is 8. The second kappa shape index (κ2) is 12.0. The molecular formula is C26H28Cl2F2N4O4. The largest absolute Gasteiger partial charge is 0.491 e. The van der Waals surface area contributed by atoms with Crippen LogP contribution in [0.15, 0.2) is 41.3 Å². The van der Waals surface area contributed by atoms with Crippen LogP contribution in [0.3, 0.4) is 0 Å². The lowest BCUT2D eigenvalue weighted by Crippen LogP contribution is -2.55. The van der Waals surface area contributed by atoms with E-state index in [1.165, 1.54) is 24.4 Å². The van der Waals surface area contributed by atoms with Gasteiger partial charge in [0.15, 0.2) is 0 Å². The van der Waals surface area contributed by atoms with Gasteiger partial charge in [-0.2, -0.15) is 0 Å². The summed E-state index contributed by atoms with van der Waals surface area (Å²) in [5.74, 6) is -1.64. The predicted octanol–water partition coefficient (Wildman–Crippen LogP) is 3.87. The number of piperazine rings is 1. The van der Waals surface area contributed by atoms with Gasteiger partial charge in [0.05, 0.1) is 15.6 Å². The van der Waals surface area contributed by atoms with Gasteiger partial charge in [0.2, 0.25) is 5.43 Å². The van der Waals surface area contributed by atoms with Crippen molar-refractivity contribution >= 4 is 40.0 Å². The fourth-order valence-corrected chi connectivity index (χ4v) is 4.56. The highest BCUT2D eigenvalue weighted by atomic mass is 35.5. The molecule has 8 nitrogen and oxygen atoms in total. The maximum atomic E-state index is 14.1. The lowest BCUT2D eigenvalue weighted by atomic mass is 10.1. The van der Waals surface area contributed by atoms with E-state index in [-0.39, 0.29) is 39.4 Å². The zero-order chi connectivity index (χ0) is 27.6. The number of nitrogens with zero attached hydrogens (tertiary/aromatic N) is 3. The Balaban J connectivity index is 1.34. The van der Waals surface area contributed by atoms with Crippen molar-refractivity contribution in [2.45, 2.75) is 26.0 Å². The van der Waals surface area contributed by atoms with Gasteiger partial charge in [-0.15, -0.1) is 0 Å². The van der Waals surface area contributed by atoms with E-state index in [0.717, 1.165) is 12.1 Å².